The lowest BCUT2D eigenvalue weighted by Gasteiger charge is -2.38. The highest BCUT2D eigenvalue weighted by Gasteiger charge is 2.45. The van der Waals surface area contributed by atoms with E-state index in [2.05, 4.69) is 15.6 Å². The normalized spacial score (nSPS) is 18.0. The number of para-hydroxylation sites is 1. The van der Waals surface area contributed by atoms with Crippen molar-refractivity contribution in [1.29, 1.82) is 0 Å². The van der Waals surface area contributed by atoms with Crippen molar-refractivity contribution in [2.75, 3.05) is 0 Å². The van der Waals surface area contributed by atoms with Crippen LogP contribution in [-0.2, 0) is 46.0 Å². The number of amides is 3. The summed E-state index contributed by atoms with van der Waals surface area (Å²) in [4.78, 5) is 42.2. The van der Waals surface area contributed by atoms with E-state index in [0.29, 0.717) is 18.6 Å². The number of aryl methyl sites for hydroxylation is 2. The highest BCUT2D eigenvalue weighted by molar-refractivity contribution is 5.96. The van der Waals surface area contributed by atoms with E-state index in [-0.39, 0.29) is 30.7 Å². The lowest BCUT2D eigenvalue weighted by molar-refractivity contribution is -0.162. The van der Waals surface area contributed by atoms with Crippen LogP contribution < -0.4 is 16.4 Å². The molecule has 0 saturated heterocycles. The predicted molar refractivity (Wildman–Crippen MR) is 142 cm³/mol. The van der Waals surface area contributed by atoms with Crippen LogP contribution in [0.1, 0.15) is 54.6 Å². The van der Waals surface area contributed by atoms with Crippen LogP contribution in [0, 0.1) is 5.92 Å². The average Bonchev–Trinajstić information content (AvgIpc) is 3.26. The number of H-pyrrole nitrogens is 1. The van der Waals surface area contributed by atoms with Crippen LogP contribution in [0.3, 0.4) is 0 Å². The second-order valence-corrected chi connectivity index (χ2v) is 10.9. The number of aromatic amines is 1. The van der Waals surface area contributed by atoms with Crippen molar-refractivity contribution in [2.24, 2.45) is 11.7 Å². The van der Waals surface area contributed by atoms with Gasteiger partial charge >= 0.3 is 12.4 Å². The zero-order chi connectivity index (χ0) is 31.0. The molecule has 0 unspecified atom stereocenters. The van der Waals surface area contributed by atoms with Crippen LogP contribution in [0.15, 0.2) is 42.5 Å². The van der Waals surface area contributed by atoms with Crippen LogP contribution >= 0.6 is 0 Å². The summed E-state index contributed by atoms with van der Waals surface area (Å²) in [6.45, 7) is 3.39. The third-order valence-corrected chi connectivity index (χ3v) is 7.59. The van der Waals surface area contributed by atoms with Gasteiger partial charge < -0.3 is 21.4 Å². The van der Waals surface area contributed by atoms with Crippen molar-refractivity contribution in [3.05, 3.63) is 70.4 Å². The molecule has 3 aromatic rings. The van der Waals surface area contributed by atoms with Gasteiger partial charge in [-0.25, -0.2) is 0 Å². The number of carbonyl (C=O) groups is 3. The monoisotopic (exact) mass is 596 g/mol. The minimum Gasteiger partial charge on any atom is -0.368 e. The van der Waals surface area contributed by atoms with Gasteiger partial charge in [0, 0.05) is 29.4 Å². The predicted octanol–water partition coefficient (Wildman–Crippen LogP) is 4.81. The second kappa shape index (κ2) is 11.3. The van der Waals surface area contributed by atoms with Gasteiger partial charge in [-0.2, -0.15) is 26.3 Å². The zero-order valence-corrected chi connectivity index (χ0v) is 22.8. The van der Waals surface area contributed by atoms with Crippen molar-refractivity contribution in [2.45, 2.75) is 69.9 Å². The van der Waals surface area contributed by atoms with Gasteiger partial charge in [-0.15, -0.1) is 0 Å². The molecule has 0 saturated carbocycles. The van der Waals surface area contributed by atoms with Gasteiger partial charge in [0.25, 0.3) is 0 Å². The fourth-order valence-electron chi connectivity index (χ4n) is 5.42. The maximum atomic E-state index is 13.7. The van der Waals surface area contributed by atoms with E-state index >= 15 is 0 Å². The topological polar surface area (TPSA) is 117 Å². The molecule has 5 N–H and O–H groups in total. The first kappa shape index (κ1) is 30.9. The molecule has 0 bridgehead atoms. The van der Waals surface area contributed by atoms with Gasteiger partial charge in [0.2, 0.25) is 17.7 Å². The number of aromatic nitrogens is 1. The Morgan fingerprint density at radius 3 is 2.29 bits per heavy atom. The lowest BCUT2D eigenvalue weighted by Crippen LogP contribution is -2.64. The van der Waals surface area contributed by atoms with E-state index < -0.39 is 59.2 Å². The van der Waals surface area contributed by atoms with Crippen LogP contribution in [0.25, 0.3) is 10.9 Å². The van der Waals surface area contributed by atoms with Crippen molar-refractivity contribution in [3.8, 4) is 0 Å². The van der Waals surface area contributed by atoms with Crippen molar-refractivity contribution in [3.63, 3.8) is 0 Å². The van der Waals surface area contributed by atoms with Gasteiger partial charge in [-0.1, -0.05) is 38.1 Å². The maximum Gasteiger partial charge on any atom is 0.417 e. The van der Waals surface area contributed by atoms with Crippen LogP contribution in [0.5, 0.6) is 0 Å². The Labute approximate surface area is 237 Å². The Morgan fingerprint density at radius 1 is 1.00 bits per heavy atom. The molecule has 0 fully saturated rings. The number of nitrogens with one attached hydrogen (secondary N) is 3. The molecule has 0 aliphatic heterocycles. The van der Waals surface area contributed by atoms with Crippen LogP contribution in [0.2, 0.25) is 0 Å². The summed E-state index contributed by atoms with van der Waals surface area (Å²) < 4.78 is 79.5. The van der Waals surface area contributed by atoms with E-state index in [1.807, 2.05) is 24.3 Å². The number of hydrogen-bond donors (Lipinski definition) is 4. The molecule has 0 spiro atoms. The van der Waals surface area contributed by atoms with E-state index in [1.54, 1.807) is 13.8 Å². The van der Waals surface area contributed by atoms with Gasteiger partial charge in [0.05, 0.1) is 11.1 Å². The smallest absolute Gasteiger partial charge is 0.368 e. The third kappa shape index (κ3) is 6.39. The summed E-state index contributed by atoms with van der Waals surface area (Å²) in [5, 5.41) is 6.24. The number of hydrogen-bond acceptors (Lipinski definition) is 3. The number of rotatable bonds is 8. The summed E-state index contributed by atoms with van der Waals surface area (Å²) >= 11 is 0. The first-order valence-corrected chi connectivity index (χ1v) is 13.3. The number of primary amides is 1. The Bertz CT molecular complexity index is 1510. The molecule has 13 heteroatoms. The van der Waals surface area contributed by atoms with Gasteiger partial charge in [0.1, 0.15) is 11.6 Å². The fraction of sp³-hybridized carbons (Fsp3) is 0.414. The van der Waals surface area contributed by atoms with Gasteiger partial charge in [-0.3, -0.25) is 14.4 Å². The Kier molecular flexibility index (Phi) is 8.34. The first-order chi connectivity index (χ1) is 19.5. The number of benzene rings is 2. The molecular formula is C29H30F6N4O3. The zero-order valence-electron chi connectivity index (χ0n) is 22.8. The van der Waals surface area contributed by atoms with Crippen molar-refractivity contribution in [1.82, 2.24) is 15.6 Å². The SMILES string of the molecule is CC(C)[C@H](NC(=O)[C@]1(NC(=O)CCc2ccc(C(F)(F)F)c(C(F)(F)F)c2)CCc2[nH]c3ccccc3c2C1)C(N)=O. The molecule has 226 valence electrons. The van der Waals surface area contributed by atoms with Crippen LogP contribution in [0.4, 0.5) is 26.3 Å². The van der Waals surface area contributed by atoms with E-state index in [9.17, 15) is 40.7 Å². The van der Waals surface area contributed by atoms with Crippen molar-refractivity contribution >= 4 is 28.6 Å². The lowest BCUT2D eigenvalue weighted by atomic mass is 9.78. The Hall–Kier alpha value is -4.03. The summed E-state index contributed by atoms with van der Waals surface area (Å²) in [7, 11) is 0. The molecule has 1 aromatic heterocycles. The summed E-state index contributed by atoms with van der Waals surface area (Å²) in [6.07, 6.45) is -10.6. The number of halogens is 6. The van der Waals surface area contributed by atoms with Crippen molar-refractivity contribution < 1.29 is 40.7 Å². The number of alkyl halides is 6. The summed E-state index contributed by atoms with van der Waals surface area (Å²) in [5.74, 6) is -2.44. The molecule has 7 nitrogen and oxygen atoms in total. The summed E-state index contributed by atoms with van der Waals surface area (Å²) in [5.41, 5.74) is 2.71. The standard InChI is InChI=1S/C29H30F6N4O3/c1-15(2)24(25(36)41)38-26(42)27(12-11-22-18(14-27)17-5-3-4-6-21(17)37-22)39-23(40)10-8-16-7-9-19(28(30,31)32)20(13-16)29(33,34)35/h3-7,9,13,15,24,37H,8,10-12,14H2,1-2H3,(H2,36,41)(H,38,42)(H,39,40)/t24-,27-/m0/s1. The van der Waals surface area contributed by atoms with E-state index in [4.69, 9.17) is 5.73 Å². The highest BCUT2D eigenvalue weighted by Crippen LogP contribution is 2.41. The Balaban J connectivity index is 1.60. The molecule has 2 aromatic carbocycles. The second-order valence-electron chi connectivity index (χ2n) is 10.9. The maximum absolute atomic E-state index is 13.7. The number of fused-ring (bicyclic) bond motifs is 3. The average molecular weight is 597 g/mol. The molecule has 1 aliphatic carbocycles. The van der Waals surface area contributed by atoms with Gasteiger partial charge in [-0.05, 0) is 54.5 Å². The third-order valence-electron chi connectivity index (χ3n) is 7.59. The minimum atomic E-state index is -5.25. The fourth-order valence-corrected chi connectivity index (χ4v) is 5.42. The summed E-state index contributed by atoms with van der Waals surface area (Å²) in [6, 6.07) is 8.01. The first-order valence-electron chi connectivity index (χ1n) is 13.3. The highest BCUT2D eigenvalue weighted by atomic mass is 19.4. The quantitative estimate of drug-likeness (QED) is 0.280. The molecule has 0 radical (unpaired) electrons. The number of nitrogens with two attached hydrogens (primary N) is 1. The Morgan fingerprint density at radius 2 is 1.67 bits per heavy atom. The number of carbonyl (C=O) groups excluding carboxylic acids is 3. The van der Waals surface area contributed by atoms with E-state index in [1.165, 1.54) is 0 Å². The van der Waals surface area contributed by atoms with E-state index in [0.717, 1.165) is 28.2 Å². The minimum absolute atomic E-state index is 0.0615. The molecule has 1 heterocycles. The molecule has 42 heavy (non-hydrogen) atoms. The van der Waals surface area contributed by atoms with Gasteiger partial charge in [0.15, 0.2) is 0 Å². The molecule has 1 aliphatic rings. The molecule has 2 atom stereocenters. The molecular weight excluding hydrogens is 566 g/mol. The van der Waals surface area contributed by atoms with Crippen LogP contribution in [-0.4, -0.2) is 34.3 Å². The largest absolute Gasteiger partial charge is 0.417 e. The molecule has 4 rings (SSSR count). The molecule has 3 amide bonds.